The molecule has 0 aromatic carbocycles. The van der Waals surface area contributed by atoms with Gasteiger partial charge in [-0.2, -0.15) is 0 Å². The summed E-state index contributed by atoms with van der Waals surface area (Å²) in [5.41, 5.74) is -0.568. The minimum Gasteiger partial charge on any atom is -0.458 e. The Labute approximate surface area is 322 Å². The summed E-state index contributed by atoms with van der Waals surface area (Å²) in [6.07, 6.45) is 43.5. The van der Waals surface area contributed by atoms with Crippen molar-refractivity contribution in [2.24, 2.45) is 0 Å². The lowest BCUT2D eigenvalue weighted by Crippen LogP contribution is -2.40. The van der Waals surface area contributed by atoms with E-state index in [1.807, 2.05) is 0 Å². The molecule has 1 amide bonds. The van der Waals surface area contributed by atoms with Crippen molar-refractivity contribution in [1.82, 2.24) is 5.32 Å². The molecule has 52 heavy (non-hydrogen) atoms. The van der Waals surface area contributed by atoms with Gasteiger partial charge in [0.05, 0.1) is 13.2 Å². The fourth-order valence-electron chi connectivity index (χ4n) is 5.72. The SMILES string of the molecule is CCCCCCCC/C=C\CCCCCCCC(=O)OC(CNC(=O)OC(C)(C)C)COC.CCCCCCCC/C=C\CCCCCCCC=O. The number of hydrogen-bond donors (Lipinski definition) is 1. The van der Waals surface area contributed by atoms with Gasteiger partial charge in [-0.15, -0.1) is 0 Å². The zero-order chi connectivity index (χ0) is 38.8. The number of carbonyl (C=O) groups is 3. The van der Waals surface area contributed by atoms with Crippen LogP contribution in [0.1, 0.15) is 214 Å². The third-order valence-electron chi connectivity index (χ3n) is 8.75. The van der Waals surface area contributed by atoms with Crippen LogP contribution in [-0.4, -0.2) is 50.3 Å². The number of unbranched alkanes of at least 4 members (excludes halogenated alkanes) is 23. The van der Waals surface area contributed by atoms with Gasteiger partial charge in [-0.05, 0) is 85.0 Å². The quantitative estimate of drug-likeness (QED) is 0.0302. The number of rotatable bonds is 35. The maximum Gasteiger partial charge on any atom is 0.407 e. The summed E-state index contributed by atoms with van der Waals surface area (Å²) in [6.45, 7) is 10.3. The first kappa shape index (κ1) is 52.0. The summed E-state index contributed by atoms with van der Waals surface area (Å²) in [7, 11) is 1.54. The van der Waals surface area contributed by atoms with Crippen molar-refractivity contribution in [3.05, 3.63) is 24.3 Å². The largest absolute Gasteiger partial charge is 0.458 e. The van der Waals surface area contributed by atoms with Gasteiger partial charge in [-0.3, -0.25) is 4.79 Å². The highest BCUT2D eigenvalue weighted by Gasteiger charge is 2.19. The van der Waals surface area contributed by atoms with E-state index in [1.54, 1.807) is 20.8 Å². The van der Waals surface area contributed by atoms with Crippen LogP contribution in [-0.2, 0) is 23.8 Å². The van der Waals surface area contributed by atoms with E-state index >= 15 is 0 Å². The number of alkyl carbamates (subject to hydrolysis) is 1. The summed E-state index contributed by atoms with van der Waals surface area (Å²) in [5.74, 6) is -0.249. The normalized spacial score (nSPS) is 12.1. The smallest absolute Gasteiger partial charge is 0.407 e. The number of ether oxygens (including phenoxy) is 3. The number of carbonyl (C=O) groups excluding carboxylic acids is 3. The zero-order valence-electron chi connectivity index (χ0n) is 35.1. The van der Waals surface area contributed by atoms with Gasteiger partial charge in [-0.1, -0.05) is 141 Å². The Morgan fingerprint density at radius 1 is 0.577 bits per heavy atom. The van der Waals surface area contributed by atoms with E-state index in [4.69, 9.17) is 14.2 Å². The topological polar surface area (TPSA) is 90.9 Å². The van der Waals surface area contributed by atoms with Crippen molar-refractivity contribution >= 4 is 18.3 Å². The van der Waals surface area contributed by atoms with E-state index in [0.29, 0.717) is 6.42 Å². The van der Waals surface area contributed by atoms with Crippen molar-refractivity contribution < 1.29 is 28.6 Å². The third-order valence-corrected chi connectivity index (χ3v) is 8.75. The Bertz CT molecular complexity index is 834. The predicted molar refractivity (Wildman–Crippen MR) is 221 cm³/mol. The van der Waals surface area contributed by atoms with Gasteiger partial charge in [0, 0.05) is 20.0 Å². The average molecular weight is 736 g/mol. The van der Waals surface area contributed by atoms with Crippen molar-refractivity contribution in [1.29, 1.82) is 0 Å². The summed E-state index contributed by atoms with van der Waals surface area (Å²) < 4.78 is 15.7. The third kappa shape index (κ3) is 45.9. The fourth-order valence-corrected chi connectivity index (χ4v) is 5.72. The van der Waals surface area contributed by atoms with Crippen LogP contribution < -0.4 is 5.32 Å². The molecule has 0 spiro atoms. The first-order chi connectivity index (χ1) is 25.2. The molecular formula is C45H85NO6. The highest BCUT2D eigenvalue weighted by molar-refractivity contribution is 5.70. The Hall–Kier alpha value is -2.15. The molecule has 0 aliphatic rings. The molecule has 0 heterocycles. The molecule has 0 radical (unpaired) electrons. The monoisotopic (exact) mass is 736 g/mol. The van der Waals surface area contributed by atoms with Gasteiger partial charge in [0.25, 0.3) is 0 Å². The summed E-state index contributed by atoms with van der Waals surface area (Å²) in [6, 6.07) is 0. The number of esters is 1. The molecule has 0 aliphatic carbocycles. The fraction of sp³-hybridized carbons (Fsp3) is 0.844. The number of amides is 1. The van der Waals surface area contributed by atoms with E-state index in [2.05, 4.69) is 43.5 Å². The Morgan fingerprint density at radius 3 is 1.35 bits per heavy atom. The van der Waals surface area contributed by atoms with Gasteiger partial charge in [0.2, 0.25) is 0 Å². The highest BCUT2D eigenvalue weighted by Crippen LogP contribution is 2.12. The molecule has 0 fully saturated rings. The molecule has 0 saturated carbocycles. The van der Waals surface area contributed by atoms with Gasteiger partial charge < -0.3 is 24.3 Å². The maximum atomic E-state index is 12.1. The lowest BCUT2D eigenvalue weighted by Gasteiger charge is -2.22. The number of hydrogen-bond acceptors (Lipinski definition) is 6. The standard InChI is InChI=1S/C27H51NO5.C18H34O/c1-6-7-8-9-10-11-12-13-14-15-16-17-18-19-20-21-25(29)32-24(23-31-5)22-28-26(30)33-27(2,3)4;1-2-3-4-5-6-7-8-9-10-11-12-13-14-15-16-17-18-19/h13-14,24H,6-12,15-23H2,1-5H3,(H,28,30);9-10,18H,2-8,11-17H2,1H3/b14-13-;10-9-. The van der Waals surface area contributed by atoms with Crippen LogP contribution >= 0.6 is 0 Å². The van der Waals surface area contributed by atoms with Crippen LogP contribution in [0, 0.1) is 0 Å². The Balaban J connectivity index is 0. The van der Waals surface area contributed by atoms with E-state index in [1.165, 1.54) is 142 Å². The molecule has 7 heteroatoms. The van der Waals surface area contributed by atoms with E-state index in [-0.39, 0.29) is 19.1 Å². The maximum absolute atomic E-state index is 12.1. The molecule has 7 nitrogen and oxygen atoms in total. The van der Waals surface area contributed by atoms with E-state index < -0.39 is 17.8 Å². The minimum absolute atomic E-state index is 0.168. The average Bonchev–Trinajstić information content (AvgIpc) is 3.10. The molecule has 0 rings (SSSR count). The van der Waals surface area contributed by atoms with Crippen molar-refractivity contribution in [2.75, 3.05) is 20.3 Å². The van der Waals surface area contributed by atoms with Crippen molar-refractivity contribution in [2.45, 2.75) is 226 Å². The predicted octanol–water partition coefficient (Wildman–Crippen LogP) is 13.3. The lowest BCUT2D eigenvalue weighted by molar-refractivity contribution is -0.151. The number of methoxy groups -OCH3 is 1. The number of nitrogens with one attached hydrogen (secondary N) is 1. The second kappa shape index (κ2) is 41.6. The van der Waals surface area contributed by atoms with Gasteiger partial charge in [0.1, 0.15) is 18.0 Å². The molecule has 0 saturated heterocycles. The molecule has 0 bridgehead atoms. The summed E-state index contributed by atoms with van der Waals surface area (Å²) >= 11 is 0. The Kier molecular flexibility index (Phi) is 41.6. The zero-order valence-corrected chi connectivity index (χ0v) is 35.1. The first-order valence-corrected chi connectivity index (χ1v) is 21.6. The first-order valence-electron chi connectivity index (χ1n) is 21.6. The van der Waals surface area contributed by atoms with E-state index in [0.717, 1.165) is 44.8 Å². The molecule has 1 N–H and O–H groups in total. The molecule has 306 valence electrons. The molecule has 0 aromatic heterocycles. The van der Waals surface area contributed by atoms with Crippen LogP contribution in [0.5, 0.6) is 0 Å². The molecule has 0 aliphatic heterocycles. The molecule has 1 atom stereocenters. The second-order valence-electron chi connectivity index (χ2n) is 15.3. The van der Waals surface area contributed by atoms with Crippen LogP contribution in [0.3, 0.4) is 0 Å². The Morgan fingerprint density at radius 2 is 0.962 bits per heavy atom. The van der Waals surface area contributed by atoms with Crippen LogP contribution in [0.15, 0.2) is 24.3 Å². The van der Waals surface area contributed by atoms with E-state index in [9.17, 15) is 14.4 Å². The van der Waals surface area contributed by atoms with Gasteiger partial charge >= 0.3 is 12.1 Å². The molecular weight excluding hydrogens is 650 g/mol. The summed E-state index contributed by atoms with van der Waals surface area (Å²) in [5, 5.41) is 2.63. The summed E-state index contributed by atoms with van der Waals surface area (Å²) in [4.78, 5) is 34.0. The van der Waals surface area contributed by atoms with Gasteiger partial charge in [-0.25, -0.2) is 4.79 Å². The molecule has 0 aromatic rings. The number of allylic oxidation sites excluding steroid dienone is 4. The van der Waals surface area contributed by atoms with Crippen molar-refractivity contribution in [3.63, 3.8) is 0 Å². The highest BCUT2D eigenvalue weighted by atomic mass is 16.6. The minimum atomic E-state index is -0.568. The van der Waals surface area contributed by atoms with Crippen LogP contribution in [0.25, 0.3) is 0 Å². The molecule has 1 unspecified atom stereocenters. The second-order valence-corrected chi connectivity index (χ2v) is 15.3. The number of aldehydes is 1. The van der Waals surface area contributed by atoms with Gasteiger partial charge in [0.15, 0.2) is 0 Å². The van der Waals surface area contributed by atoms with Crippen LogP contribution in [0.2, 0.25) is 0 Å². The van der Waals surface area contributed by atoms with Crippen molar-refractivity contribution in [3.8, 4) is 0 Å². The lowest BCUT2D eigenvalue weighted by atomic mass is 10.1. The van der Waals surface area contributed by atoms with Crippen LogP contribution in [0.4, 0.5) is 4.79 Å².